The SMILES string of the molecule is NCCCC[C@H](NC(=O)[C@H](CCCN=C(N)N)NC(=O)CN)C(=O)N[C@@H](CCCCN)C(=O)N[C@@H](CCCN=C(N)N)C(=O)N[C@@H](CCCN=C(N)N)C(=O)N[C@@H](CCCN=C(N)N)C(=O)N[C@@H](CCCN=C(N)N)C(=O)N[C@@H](CCC(N)=O)C(=O)N[C@@H](CCCN=C(N)N)C(N)=O. The van der Waals surface area contributed by atoms with E-state index in [2.05, 4.69) is 77.8 Å². The van der Waals surface area contributed by atoms with Crippen LogP contribution in [-0.2, 0) is 52.7 Å². The van der Waals surface area contributed by atoms with Crippen molar-refractivity contribution in [2.75, 3.05) is 58.9 Å². The van der Waals surface area contributed by atoms with Crippen molar-refractivity contribution in [3.63, 3.8) is 0 Å². The molecule has 98 heavy (non-hydrogen) atoms. The van der Waals surface area contributed by atoms with Gasteiger partial charge in [0.1, 0.15) is 54.4 Å². The van der Waals surface area contributed by atoms with E-state index < -0.39 is 139 Å². The van der Waals surface area contributed by atoms with Gasteiger partial charge in [-0.05, 0) is 135 Å². The number of hydrogen-bond acceptors (Lipinski definition) is 20. The number of hydrogen-bond donors (Lipinski definition) is 26. The number of guanidine groups is 6. The van der Waals surface area contributed by atoms with Gasteiger partial charge in [-0.2, -0.15) is 0 Å². The van der Waals surface area contributed by atoms with Crippen molar-refractivity contribution in [2.24, 2.45) is 127 Å². The molecular weight excluding hydrogens is 1280 g/mol. The largest absolute Gasteiger partial charge is 0.370 e. The van der Waals surface area contributed by atoms with Gasteiger partial charge in [-0.3, -0.25) is 82.7 Å². The first-order valence-corrected chi connectivity index (χ1v) is 32.1. The molecule has 9 atom stereocenters. The van der Waals surface area contributed by atoms with Crippen molar-refractivity contribution >= 4 is 101 Å². The molecule has 0 aromatic heterocycles. The van der Waals surface area contributed by atoms with Crippen LogP contribution in [0, 0.1) is 0 Å². The number of nitrogens with one attached hydrogen (secondary N) is 9. The third kappa shape index (κ3) is 42.2. The van der Waals surface area contributed by atoms with Crippen LogP contribution >= 0.6 is 0 Å². The van der Waals surface area contributed by atoms with E-state index in [1.165, 1.54) is 0 Å². The second-order valence-corrected chi connectivity index (χ2v) is 22.5. The average molecular weight is 1400 g/mol. The molecule has 11 amide bonds. The minimum atomic E-state index is -1.56. The molecule has 0 aromatic carbocycles. The standard InChI is InChI=1S/C55H110N32O11/c56-21-3-1-11-32(81-42(91)31(79-40(89)29-58)14-6-24-74-51(63)64)43(92)82-33(12-2-4-22-57)44(93)83-34(15-7-25-75-52(65)66)45(94)84-35(16-8-26-76-53(67)68)46(95)85-36(17-9-27-77-54(69)70)47(96)86-37(18-10-28-78-55(71)72)48(97)87-38(19-20-39(59)88)49(98)80-30(41(60)90)13-5-23-73-50(61)62/h30-38H,1-29,56-58H2,(H2,59,88)(H2,60,90)(H,79,89)(H,80,98)(H,81,91)(H,82,92)(H,83,93)(H,84,94)(H,85,95)(H,86,96)(H,87,97)(H4,61,62,73)(H4,63,64,74)(H4,65,66,75)(H4,67,68,76)(H4,69,70,77)(H4,71,72,78)/t30-,31-,32-,33-,34-,35-,36-,37-,38-/m0/s1. The molecule has 0 spiro atoms. The van der Waals surface area contributed by atoms with E-state index in [-0.39, 0.29) is 184 Å². The lowest BCUT2D eigenvalue weighted by molar-refractivity contribution is -0.136. The summed E-state index contributed by atoms with van der Waals surface area (Å²) in [6, 6.07) is -12.9. The summed E-state index contributed by atoms with van der Waals surface area (Å²) >= 11 is 0. The molecule has 0 saturated carbocycles. The molecule has 0 heterocycles. The van der Waals surface area contributed by atoms with Gasteiger partial charge < -0.3 is 145 Å². The average Bonchev–Trinajstić information content (AvgIpc) is 0.874. The van der Waals surface area contributed by atoms with Crippen LogP contribution in [0.1, 0.15) is 128 Å². The zero-order valence-corrected chi connectivity index (χ0v) is 55.7. The highest BCUT2D eigenvalue weighted by Crippen LogP contribution is 2.13. The Hall–Kier alpha value is -10.3. The lowest BCUT2D eigenvalue weighted by Crippen LogP contribution is -2.60. The Morgan fingerprint density at radius 3 is 0.633 bits per heavy atom. The molecule has 0 saturated heterocycles. The molecule has 556 valence electrons. The zero-order chi connectivity index (χ0) is 74.1. The predicted molar refractivity (Wildman–Crippen MR) is 369 cm³/mol. The van der Waals surface area contributed by atoms with E-state index in [1.807, 2.05) is 0 Å². The fourth-order valence-electron chi connectivity index (χ4n) is 9.16. The number of amides is 11. The van der Waals surface area contributed by atoms with E-state index in [0.29, 0.717) is 19.3 Å². The van der Waals surface area contributed by atoms with E-state index in [4.69, 9.17) is 97.5 Å². The van der Waals surface area contributed by atoms with Gasteiger partial charge in [0.05, 0.1) is 6.54 Å². The van der Waals surface area contributed by atoms with Crippen molar-refractivity contribution in [3.8, 4) is 0 Å². The lowest BCUT2D eigenvalue weighted by Gasteiger charge is -2.28. The molecule has 0 bridgehead atoms. The summed E-state index contributed by atoms with van der Waals surface area (Å²) in [7, 11) is 0. The van der Waals surface area contributed by atoms with Crippen molar-refractivity contribution in [1.82, 2.24) is 47.9 Å². The molecule has 0 fully saturated rings. The van der Waals surface area contributed by atoms with Gasteiger partial charge in [0.25, 0.3) is 0 Å². The topological polar surface area (TPSA) is 813 Å². The number of aliphatic imine (C=N–C) groups is 6. The summed E-state index contributed by atoms with van der Waals surface area (Å²) in [5.74, 6) is -11.4. The van der Waals surface area contributed by atoms with Crippen molar-refractivity contribution in [2.45, 2.75) is 183 Å². The Balaban J connectivity index is 7.65. The molecular formula is C55H110N32O11. The molecule has 0 rings (SSSR count). The smallest absolute Gasteiger partial charge is 0.243 e. The Kier molecular flexibility index (Phi) is 45.6. The van der Waals surface area contributed by atoms with Crippen LogP contribution in [0.15, 0.2) is 30.0 Å². The molecule has 0 aromatic rings. The second kappa shape index (κ2) is 51.0. The van der Waals surface area contributed by atoms with E-state index in [0.717, 1.165) is 0 Å². The summed E-state index contributed by atoms with van der Waals surface area (Å²) in [6.45, 7) is -0.0931. The number of nitrogens with zero attached hydrogens (tertiary/aromatic N) is 6. The third-order valence-corrected chi connectivity index (χ3v) is 14.2. The molecule has 0 aliphatic rings. The number of carbonyl (C=O) groups is 11. The monoisotopic (exact) mass is 1390 g/mol. The minimum absolute atomic E-state index is 0.0184. The van der Waals surface area contributed by atoms with Gasteiger partial charge in [-0.15, -0.1) is 0 Å². The number of primary amides is 2. The lowest BCUT2D eigenvalue weighted by atomic mass is 10.0. The molecule has 43 heteroatoms. The summed E-state index contributed by atoms with van der Waals surface area (Å²) in [5, 5.41) is 23.4. The van der Waals surface area contributed by atoms with Gasteiger partial charge in [0.15, 0.2) is 35.8 Å². The number of carbonyl (C=O) groups excluding carboxylic acids is 11. The predicted octanol–water partition coefficient (Wildman–Crippen LogP) is -12.4. The number of unbranched alkanes of at least 4 members (excludes halogenated alkanes) is 2. The maximum absolute atomic E-state index is 14.8. The van der Waals surface area contributed by atoms with Gasteiger partial charge in [-0.1, -0.05) is 0 Å². The highest BCUT2D eigenvalue weighted by atomic mass is 16.2. The molecule has 43 N–H and O–H groups in total. The normalized spacial score (nSPS) is 13.5. The first-order valence-electron chi connectivity index (χ1n) is 32.1. The zero-order valence-electron chi connectivity index (χ0n) is 55.7. The highest BCUT2D eigenvalue weighted by Gasteiger charge is 2.35. The second-order valence-electron chi connectivity index (χ2n) is 22.5. The number of rotatable bonds is 54. The number of nitrogens with two attached hydrogens (primary N) is 17. The first kappa shape index (κ1) is 87.7. The molecule has 0 radical (unpaired) electrons. The van der Waals surface area contributed by atoms with Crippen LogP contribution in [0.5, 0.6) is 0 Å². The van der Waals surface area contributed by atoms with E-state index in [9.17, 15) is 52.7 Å². The maximum atomic E-state index is 14.8. The van der Waals surface area contributed by atoms with E-state index in [1.54, 1.807) is 0 Å². The van der Waals surface area contributed by atoms with Gasteiger partial charge >= 0.3 is 0 Å². The Bertz CT molecular complexity index is 2710. The summed E-state index contributed by atoms with van der Waals surface area (Å²) in [6.07, 6.45) is 0.293. The van der Waals surface area contributed by atoms with Crippen LogP contribution in [0.25, 0.3) is 0 Å². The van der Waals surface area contributed by atoms with Crippen LogP contribution in [0.2, 0.25) is 0 Å². The molecule has 0 unspecified atom stereocenters. The minimum Gasteiger partial charge on any atom is -0.370 e. The molecule has 0 aliphatic carbocycles. The highest BCUT2D eigenvalue weighted by molar-refractivity contribution is 5.99. The maximum Gasteiger partial charge on any atom is 0.243 e. The Morgan fingerprint density at radius 1 is 0.245 bits per heavy atom. The fourth-order valence-corrected chi connectivity index (χ4v) is 9.16. The van der Waals surface area contributed by atoms with Crippen LogP contribution in [0.4, 0.5) is 0 Å². The third-order valence-electron chi connectivity index (χ3n) is 14.2. The Labute approximate surface area is 568 Å². The quantitative estimate of drug-likeness (QED) is 0.0153. The van der Waals surface area contributed by atoms with Crippen LogP contribution < -0.4 is 145 Å². The molecule has 0 aliphatic heterocycles. The van der Waals surface area contributed by atoms with Crippen molar-refractivity contribution in [3.05, 3.63) is 0 Å². The summed E-state index contributed by atoms with van der Waals surface area (Å²) < 4.78 is 0. The summed E-state index contributed by atoms with van der Waals surface area (Å²) in [5.41, 5.74) is 94.4. The van der Waals surface area contributed by atoms with Crippen molar-refractivity contribution < 1.29 is 52.7 Å². The van der Waals surface area contributed by atoms with Crippen molar-refractivity contribution in [1.29, 1.82) is 0 Å². The van der Waals surface area contributed by atoms with Gasteiger partial charge in [0, 0.05) is 45.7 Å². The van der Waals surface area contributed by atoms with Gasteiger partial charge in [0.2, 0.25) is 65.0 Å². The van der Waals surface area contributed by atoms with Gasteiger partial charge in [-0.25, -0.2) is 0 Å². The summed E-state index contributed by atoms with van der Waals surface area (Å²) in [4.78, 5) is 176. The Morgan fingerprint density at radius 2 is 0.439 bits per heavy atom. The molecule has 43 nitrogen and oxygen atoms in total. The van der Waals surface area contributed by atoms with E-state index >= 15 is 0 Å². The van der Waals surface area contributed by atoms with Crippen LogP contribution in [-0.4, -0.2) is 214 Å². The fraction of sp³-hybridized carbons (Fsp3) is 0.691. The van der Waals surface area contributed by atoms with Crippen LogP contribution in [0.3, 0.4) is 0 Å². The first-order chi connectivity index (χ1) is 46.3.